The van der Waals surface area contributed by atoms with E-state index in [4.69, 9.17) is 14.5 Å². The zero-order chi connectivity index (χ0) is 32.2. The summed E-state index contributed by atoms with van der Waals surface area (Å²) in [6, 6.07) is 10.5. The molecule has 2 aliphatic heterocycles. The van der Waals surface area contributed by atoms with Crippen LogP contribution in [0.3, 0.4) is 0 Å². The summed E-state index contributed by atoms with van der Waals surface area (Å²) in [5, 5.41) is 3.01. The third-order valence-corrected chi connectivity index (χ3v) is 9.50. The first-order valence-electron chi connectivity index (χ1n) is 16.7. The summed E-state index contributed by atoms with van der Waals surface area (Å²) < 4.78 is 10.6. The molecule has 1 aromatic carbocycles. The van der Waals surface area contributed by atoms with E-state index < -0.39 is 11.9 Å². The lowest BCUT2D eigenvalue weighted by Gasteiger charge is -2.36. The topological polar surface area (TPSA) is 134 Å². The molecule has 2 aromatic rings. The van der Waals surface area contributed by atoms with E-state index in [1.165, 1.54) is 0 Å². The first-order chi connectivity index (χ1) is 22.4. The van der Waals surface area contributed by atoms with Crippen LogP contribution in [0.4, 0.5) is 10.6 Å². The van der Waals surface area contributed by atoms with Crippen LogP contribution in [0, 0.1) is 23.7 Å². The lowest BCUT2D eigenvalue weighted by molar-refractivity contribution is -0.145. The number of anilines is 1. The van der Waals surface area contributed by atoms with E-state index in [1.54, 1.807) is 15.9 Å². The third-order valence-electron chi connectivity index (χ3n) is 9.50. The molecular formula is C34H44N6O6. The number of nitrogens with one attached hydrogen (secondary N) is 1. The molecule has 2 aliphatic carbocycles. The minimum absolute atomic E-state index is 0.0721. The number of fused-ring (bicyclic) bond motifs is 1. The van der Waals surface area contributed by atoms with Gasteiger partial charge in [-0.2, -0.15) is 0 Å². The summed E-state index contributed by atoms with van der Waals surface area (Å²) in [5.41, 5.74) is 0.975. The predicted octanol–water partition coefficient (Wildman–Crippen LogP) is 3.37. The molecule has 12 heteroatoms. The Morgan fingerprint density at radius 3 is 2.28 bits per heavy atom. The number of amides is 3. The van der Waals surface area contributed by atoms with Crippen LogP contribution in [0.1, 0.15) is 56.4 Å². The molecule has 4 fully saturated rings. The maximum absolute atomic E-state index is 13.8. The van der Waals surface area contributed by atoms with E-state index in [2.05, 4.69) is 15.2 Å². The number of benzene rings is 1. The molecule has 4 aliphatic rings. The number of hydrogen-bond acceptors (Lipinski definition) is 9. The molecule has 0 spiro atoms. The largest absolute Gasteiger partial charge is 0.466 e. The van der Waals surface area contributed by atoms with Gasteiger partial charge in [-0.1, -0.05) is 56.5 Å². The minimum Gasteiger partial charge on any atom is -0.466 e. The summed E-state index contributed by atoms with van der Waals surface area (Å²) in [5.74, 6) is 1.11. The van der Waals surface area contributed by atoms with Gasteiger partial charge < -0.3 is 29.5 Å². The number of ether oxygens (including phenoxy) is 2. The second-order valence-electron chi connectivity index (χ2n) is 12.8. The summed E-state index contributed by atoms with van der Waals surface area (Å²) >= 11 is 0. The van der Waals surface area contributed by atoms with Crippen molar-refractivity contribution < 1.29 is 28.7 Å². The Hall–Kier alpha value is -4.22. The zero-order valence-electron chi connectivity index (χ0n) is 26.7. The average molecular weight is 633 g/mol. The van der Waals surface area contributed by atoms with E-state index in [9.17, 15) is 19.2 Å². The number of piperidine rings is 1. The van der Waals surface area contributed by atoms with Gasteiger partial charge in [-0.25, -0.2) is 14.8 Å². The normalized spacial score (nSPS) is 22.6. The predicted molar refractivity (Wildman–Crippen MR) is 170 cm³/mol. The Kier molecular flexibility index (Phi) is 9.70. The highest BCUT2D eigenvalue weighted by Gasteiger charge is 2.60. The maximum Gasteiger partial charge on any atom is 0.409 e. The number of carbonyl (C=O) groups is 4. The lowest BCUT2D eigenvalue weighted by atomic mass is 10.1. The molecule has 12 nitrogen and oxygen atoms in total. The van der Waals surface area contributed by atoms with Crippen LogP contribution in [0.2, 0.25) is 0 Å². The van der Waals surface area contributed by atoms with E-state index >= 15 is 0 Å². The number of unbranched alkanes of at least 4 members (excludes halogenated alkanes) is 1. The smallest absolute Gasteiger partial charge is 0.409 e. The van der Waals surface area contributed by atoms with Crippen molar-refractivity contribution in [2.24, 2.45) is 23.7 Å². The SMILES string of the molecule is CCCCOC(=O)N1CCN(C(=O)[C@H](CC2CC2)NC(=O)c2cc(N3C[C@@H]4[C@H](C3)[C@@H]4C(=O)OCC)nc(-c3ccccc3)n2)CC1. The number of carbonyl (C=O) groups excluding carboxylic acids is 4. The molecule has 3 heterocycles. The Morgan fingerprint density at radius 2 is 1.63 bits per heavy atom. The van der Waals surface area contributed by atoms with Gasteiger partial charge in [0.25, 0.3) is 5.91 Å². The highest BCUT2D eigenvalue weighted by Crippen LogP contribution is 2.53. The maximum atomic E-state index is 13.8. The monoisotopic (exact) mass is 632 g/mol. The first-order valence-corrected chi connectivity index (χ1v) is 16.7. The second kappa shape index (κ2) is 14.0. The highest BCUT2D eigenvalue weighted by molar-refractivity contribution is 5.97. The molecule has 246 valence electrons. The molecule has 2 saturated carbocycles. The van der Waals surface area contributed by atoms with Gasteiger partial charge in [0.1, 0.15) is 17.6 Å². The van der Waals surface area contributed by atoms with E-state index in [1.807, 2.05) is 44.2 Å². The van der Waals surface area contributed by atoms with Gasteiger partial charge in [0.15, 0.2) is 5.82 Å². The Balaban J connectivity index is 1.15. The Morgan fingerprint density at radius 1 is 0.935 bits per heavy atom. The number of rotatable bonds is 12. The number of piperazine rings is 1. The Bertz CT molecular complexity index is 1410. The number of esters is 1. The summed E-state index contributed by atoms with van der Waals surface area (Å²) in [4.78, 5) is 67.2. The van der Waals surface area contributed by atoms with Gasteiger partial charge >= 0.3 is 12.1 Å². The van der Waals surface area contributed by atoms with Crippen LogP contribution in [0.25, 0.3) is 11.4 Å². The van der Waals surface area contributed by atoms with Gasteiger partial charge in [0, 0.05) is 50.9 Å². The van der Waals surface area contributed by atoms with Crippen LogP contribution in [-0.2, 0) is 19.1 Å². The van der Waals surface area contributed by atoms with Crippen molar-refractivity contribution in [3.05, 3.63) is 42.1 Å². The molecule has 1 N–H and O–H groups in total. The Labute approximate surface area is 269 Å². The molecule has 6 rings (SSSR count). The van der Waals surface area contributed by atoms with Gasteiger partial charge in [-0.3, -0.25) is 14.4 Å². The van der Waals surface area contributed by atoms with Gasteiger partial charge in [-0.05, 0) is 37.5 Å². The second-order valence-corrected chi connectivity index (χ2v) is 12.8. The fourth-order valence-corrected chi connectivity index (χ4v) is 6.60. The van der Waals surface area contributed by atoms with Crippen LogP contribution in [0.15, 0.2) is 36.4 Å². The lowest BCUT2D eigenvalue weighted by Crippen LogP contribution is -2.56. The van der Waals surface area contributed by atoms with Crippen LogP contribution >= 0.6 is 0 Å². The van der Waals surface area contributed by atoms with Crippen molar-refractivity contribution in [2.45, 2.75) is 52.0 Å². The number of nitrogens with zero attached hydrogens (tertiary/aromatic N) is 5. The van der Waals surface area contributed by atoms with Crippen LogP contribution in [-0.4, -0.2) is 102 Å². The molecule has 0 radical (unpaired) electrons. The fourth-order valence-electron chi connectivity index (χ4n) is 6.60. The highest BCUT2D eigenvalue weighted by atomic mass is 16.6. The van der Waals surface area contributed by atoms with Crippen molar-refractivity contribution >= 4 is 29.7 Å². The number of aromatic nitrogens is 2. The molecule has 0 unspecified atom stereocenters. The minimum atomic E-state index is -0.689. The fraction of sp³-hybridized carbons (Fsp3) is 0.588. The average Bonchev–Trinajstić information content (AvgIpc) is 4.00. The molecule has 2 saturated heterocycles. The third kappa shape index (κ3) is 7.26. The molecule has 1 aromatic heterocycles. The summed E-state index contributed by atoms with van der Waals surface area (Å²) in [6.45, 7) is 7.50. The standard InChI is InChI=1S/C34H44N6O6/c1-3-5-17-46-34(44)39-15-13-38(14-16-39)32(42)27(18-22-11-12-22)36-31(41)26-19-28(37-30(35-26)23-9-7-6-8-10-23)40-20-24-25(21-40)29(24)33(43)45-4-2/h6-10,19,22,24-25,27,29H,3-5,11-18,20-21H2,1-2H3,(H,36,41)/t24-,25+,27-,29-/m0/s1. The molecular weight excluding hydrogens is 588 g/mol. The van der Waals surface area contributed by atoms with Gasteiger partial charge in [0.05, 0.1) is 19.1 Å². The van der Waals surface area contributed by atoms with E-state index in [0.29, 0.717) is 76.5 Å². The number of hydrogen-bond donors (Lipinski definition) is 1. The first kappa shape index (κ1) is 31.7. The van der Waals surface area contributed by atoms with Crippen molar-refractivity contribution in [2.75, 3.05) is 57.4 Å². The van der Waals surface area contributed by atoms with E-state index in [0.717, 1.165) is 31.2 Å². The zero-order valence-corrected chi connectivity index (χ0v) is 26.7. The van der Waals surface area contributed by atoms with Crippen LogP contribution < -0.4 is 10.2 Å². The quantitative estimate of drug-likeness (QED) is 0.276. The van der Waals surface area contributed by atoms with E-state index in [-0.39, 0.29) is 41.4 Å². The summed E-state index contributed by atoms with van der Waals surface area (Å²) in [7, 11) is 0. The van der Waals surface area contributed by atoms with Crippen molar-refractivity contribution in [3.63, 3.8) is 0 Å². The van der Waals surface area contributed by atoms with Gasteiger partial charge in [0.2, 0.25) is 5.91 Å². The molecule has 4 atom stereocenters. The van der Waals surface area contributed by atoms with Crippen molar-refractivity contribution in [1.29, 1.82) is 0 Å². The molecule has 46 heavy (non-hydrogen) atoms. The van der Waals surface area contributed by atoms with Gasteiger partial charge in [-0.15, -0.1) is 0 Å². The van der Waals surface area contributed by atoms with Crippen LogP contribution in [0.5, 0.6) is 0 Å². The molecule has 0 bridgehead atoms. The summed E-state index contributed by atoms with van der Waals surface area (Å²) in [6.07, 6.45) is 4.07. The molecule has 3 amide bonds. The van der Waals surface area contributed by atoms with Crippen molar-refractivity contribution in [3.8, 4) is 11.4 Å². The van der Waals surface area contributed by atoms with Crippen molar-refractivity contribution in [1.82, 2.24) is 25.1 Å².